The molecule has 0 saturated heterocycles. The van der Waals surface area contributed by atoms with E-state index in [0.29, 0.717) is 6.42 Å². The first-order valence-corrected chi connectivity index (χ1v) is 9.58. The summed E-state index contributed by atoms with van der Waals surface area (Å²) < 4.78 is 13.0. The van der Waals surface area contributed by atoms with Crippen molar-refractivity contribution >= 4 is 0 Å². The molecule has 0 bridgehead atoms. The van der Waals surface area contributed by atoms with Gasteiger partial charge in [-0.25, -0.2) is 0 Å². The fourth-order valence-electron chi connectivity index (χ4n) is 4.84. The third kappa shape index (κ3) is 2.67. The zero-order valence-corrected chi connectivity index (χ0v) is 16.3. The molecule has 0 amide bonds. The molecular weight excluding hydrogens is 326 g/mol. The van der Waals surface area contributed by atoms with E-state index in [2.05, 4.69) is 39.1 Å². The van der Waals surface area contributed by atoms with E-state index in [9.17, 15) is 5.11 Å². The van der Waals surface area contributed by atoms with Crippen molar-refractivity contribution in [2.24, 2.45) is 0 Å². The van der Waals surface area contributed by atoms with Crippen LogP contribution in [0, 0.1) is 0 Å². The third-order valence-electron chi connectivity index (χ3n) is 6.36. The number of aliphatic hydroxyl groups is 1. The molecule has 1 aliphatic carbocycles. The van der Waals surface area contributed by atoms with Crippen LogP contribution in [0.2, 0.25) is 0 Å². The van der Waals surface area contributed by atoms with E-state index in [1.165, 1.54) is 16.7 Å². The van der Waals surface area contributed by atoms with E-state index in [1.54, 1.807) is 7.11 Å². The normalized spacial score (nSPS) is 34.3. The van der Waals surface area contributed by atoms with E-state index in [-0.39, 0.29) is 11.5 Å². The molecule has 0 fully saturated rings. The molecule has 0 radical (unpaired) electrons. The predicted molar refractivity (Wildman–Crippen MR) is 103 cm³/mol. The van der Waals surface area contributed by atoms with Crippen LogP contribution in [0.3, 0.4) is 0 Å². The molecule has 0 aromatic heterocycles. The summed E-state index contributed by atoms with van der Waals surface area (Å²) in [6, 6.07) is 4.25. The number of hydrogen-bond acceptors (Lipinski definition) is 3. The van der Waals surface area contributed by atoms with Gasteiger partial charge in [-0.3, -0.25) is 0 Å². The molecule has 2 aliphatic heterocycles. The Labute approximate surface area is 156 Å². The lowest BCUT2D eigenvalue weighted by atomic mass is 9.69. The Morgan fingerprint density at radius 2 is 2.23 bits per heavy atom. The standard InChI is InChI=1S/C22H30NO3/c1-15(2)8-11-23(3)12-10-22-9-7-17(24)13-19(22)26-21-18(25-4)6-5-16(14-23)20(21)22/h5-9,17,19,24H,10-14H2,1-4H3/q+1/t17?,19-,22?,23?/m1/s1. The SMILES string of the molecule is COc1ccc2c3c1O[C@@H]1CC(O)C=CC31CC[N+](C)(CC=C(C)C)C2. The number of ether oxygens (including phenoxy) is 2. The highest BCUT2D eigenvalue weighted by molar-refractivity contribution is 5.60. The van der Waals surface area contributed by atoms with Crippen LogP contribution in [0.1, 0.15) is 37.8 Å². The smallest absolute Gasteiger partial charge is 0.166 e. The van der Waals surface area contributed by atoms with Gasteiger partial charge in [0.15, 0.2) is 11.5 Å². The number of aliphatic hydroxyl groups excluding tert-OH is 1. The summed E-state index contributed by atoms with van der Waals surface area (Å²) >= 11 is 0. The summed E-state index contributed by atoms with van der Waals surface area (Å²) in [5, 5.41) is 10.2. The molecule has 0 saturated carbocycles. The summed E-state index contributed by atoms with van der Waals surface area (Å²) in [6.45, 7) is 7.45. The van der Waals surface area contributed by atoms with Crippen molar-refractivity contribution in [3.05, 3.63) is 47.1 Å². The number of benzene rings is 1. The topological polar surface area (TPSA) is 38.7 Å². The van der Waals surface area contributed by atoms with Gasteiger partial charge in [-0.1, -0.05) is 17.7 Å². The summed E-state index contributed by atoms with van der Waals surface area (Å²) in [7, 11) is 4.05. The van der Waals surface area contributed by atoms with Gasteiger partial charge >= 0.3 is 0 Å². The van der Waals surface area contributed by atoms with Crippen LogP contribution in [0.4, 0.5) is 0 Å². The number of quaternary nitrogens is 1. The van der Waals surface area contributed by atoms with Crippen molar-refractivity contribution in [1.29, 1.82) is 0 Å². The quantitative estimate of drug-likeness (QED) is 0.667. The molecule has 4 heteroatoms. The van der Waals surface area contributed by atoms with Gasteiger partial charge in [0, 0.05) is 24.0 Å². The van der Waals surface area contributed by atoms with Crippen molar-refractivity contribution in [2.75, 3.05) is 27.2 Å². The minimum absolute atomic E-state index is 0.0115. The Morgan fingerprint density at radius 3 is 2.96 bits per heavy atom. The van der Waals surface area contributed by atoms with Crippen molar-refractivity contribution in [3.63, 3.8) is 0 Å². The zero-order valence-electron chi connectivity index (χ0n) is 16.3. The molecule has 4 rings (SSSR count). The Morgan fingerprint density at radius 1 is 1.42 bits per heavy atom. The zero-order chi connectivity index (χ0) is 18.5. The van der Waals surface area contributed by atoms with Crippen LogP contribution in [0.5, 0.6) is 11.5 Å². The average molecular weight is 356 g/mol. The van der Waals surface area contributed by atoms with Crippen LogP contribution in [0.15, 0.2) is 35.9 Å². The number of allylic oxidation sites excluding steroid dienone is 1. The van der Waals surface area contributed by atoms with Crippen LogP contribution in [0.25, 0.3) is 0 Å². The highest BCUT2D eigenvalue weighted by Crippen LogP contribution is 2.56. The van der Waals surface area contributed by atoms with E-state index in [0.717, 1.165) is 42.0 Å². The molecule has 4 atom stereocenters. The lowest BCUT2D eigenvalue weighted by molar-refractivity contribution is -0.917. The number of methoxy groups -OCH3 is 1. The van der Waals surface area contributed by atoms with Crippen molar-refractivity contribution in [2.45, 2.75) is 50.9 Å². The predicted octanol–water partition coefficient (Wildman–Crippen LogP) is 3.33. The summed E-state index contributed by atoms with van der Waals surface area (Å²) in [4.78, 5) is 0. The van der Waals surface area contributed by atoms with Gasteiger partial charge in [-0.05, 0) is 32.1 Å². The Kier molecular flexibility index (Phi) is 4.16. The van der Waals surface area contributed by atoms with Crippen LogP contribution >= 0.6 is 0 Å². The van der Waals surface area contributed by atoms with Gasteiger partial charge in [0.1, 0.15) is 12.6 Å². The van der Waals surface area contributed by atoms with E-state index in [4.69, 9.17) is 9.47 Å². The van der Waals surface area contributed by atoms with Crippen molar-refractivity contribution < 1.29 is 19.1 Å². The number of nitrogens with zero attached hydrogens (tertiary/aromatic N) is 1. The van der Waals surface area contributed by atoms with E-state index < -0.39 is 6.10 Å². The van der Waals surface area contributed by atoms with Gasteiger partial charge in [0.05, 0.1) is 38.8 Å². The largest absolute Gasteiger partial charge is 0.493 e. The highest BCUT2D eigenvalue weighted by atomic mass is 16.5. The Balaban J connectivity index is 1.84. The van der Waals surface area contributed by atoms with Crippen LogP contribution in [-0.2, 0) is 12.0 Å². The fourth-order valence-corrected chi connectivity index (χ4v) is 4.84. The first-order valence-electron chi connectivity index (χ1n) is 9.58. The van der Waals surface area contributed by atoms with Gasteiger partial charge in [-0.15, -0.1) is 0 Å². The molecule has 1 aromatic rings. The van der Waals surface area contributed by atoms with Gasteiger partial charge in [0.2, 0.25) is 0 Å². The number of likely N-dealkylation sites (N-methyl/N-ethyl adjacent to an activating group) is 1. The second-order valence-corrected chi connectivity index (χ2v) is 8.66. The maximum absolute atomic E-state index is 10.2. The molecular formula is C22H30NO3+. The molecule has 26 heavy (non-hydrogen) atoms. The van der Waals surface area contributed by atoms with Gasteiger partial charge < -0.3 is 19.1 Å². The summed E-state index contributed by atoms with van der Waals surface area (Å²) in [6.07, 6.45) is 7.77. The Bertz CT molecular complexity index is 780. The molecule has 1 aromatic carbocycles. The van der Waals surface area contributed by atoms with Crippen molar-refractivity contribution in [1.82, 2.24) is 0 Å². The monoisotopic (exact) mass is 356 g/mol. The summed E-state index contributed by atoms with van der Waals surface area (Å²) in [5.41, 5.74) is 3.88. The minimum atomic E-state index is -0.427. The second-order valence-electron chi connectivity index (χ2n) is 8.66. The van der Waals surface area contributed by atoms with Crippen LogP contribution in [-0.4, -0.2) is 49.0 Å². The molecule has 4 nitrogen and oxygen atoms in total. The maximum atomic E-state index is 10.2. The Hall–Kier alpha value is -1.78. The molecule has 140 valence electrons. The lowest BCUT2D eigenvalue weighted by Gasteiger charge is -2.37. The third-order valence-corrected chi connectivity index (χ3v) is 6.36. The number of rotatable bonds is 3. The molecule has 1 N–H and O–H groups in total. The summed E-state index contributed by atoms with van der Waals surface area (Å²) in [5.74, 6) is 1.70. The molecule has 3 aliphatic rings. The number of hydrogen-bond donors (Lipinski definition) is 1. The molecule has 2 heterocycles. The molecule has 1 spiro atoms. The first kappa shape index (κ1) is 17.6. The van der Waals surface area contributed by atoms with Gasteiger partial charge in [-0.2, -0.15) is 0 Å². The maximum Gasteiger partial charge on any atom is 0.166 e. The van der Waals surface area contributed by atoms with Crippen LogP contribution < -0.4 is 9.47 Å². The van der Waals surface area contributed by atoms with Gasteiger partial charge in [0.25, 0.3) is 0 Å². The lowest BCUT2D eigenvalue weighted by Crippen LogP contribution is -2.47. The molecule has 3 unspecified atom stereocenters. The van der Waals surface area contributed by atoms with E-state index in [1.807, 2.05) is 12.1 Å². The fraction of sp³-hybridized carbons (Fsp3) is 0.545. The first-order chi connectivity index (χ1) is 12.4. The highest BCUT2D eigenvalue weighted by Gasteiger charge is 2.54. The second kappa shape index (κ2) is 6.14. The van der Waals surface area contributed by atoms with Crippen molar-refractivity contribution in [3.8, 4) is 11.5 Å². The van der Waals surface area contributed by atoms with E-state index >= 15 is 0 Å². The average Bonchev–Trinajstić information content (AvgIpc) is 2.87. The minimum Gasteiger partial charge on any atom is -0.493 e.